The van der Waals surface area contributed by atoms with Crippen LogP contribution in [-0.2, 0) is 4.74 Å². The molecule has 0 saturated carbocycles. The summed E-state index contributed by atoms with van der Waals surface area (Å²) in [4.78, 5) is 4.24. The topological polar surface area (TPSA) is 84.8 Å². The average molecular weight is 310 g/mol. The molecule has 3 aromatic rings. The van der Waals surface area contributed by atoms with Gasteiger partial charge in [0, 0.05) is 6.92 Å². The van der Waals surface area contributed by atoms with Crippen molar-refractivity contribution in [3.63, 3.8) is 0 Å². The van der Waals surface area contributed by atoms with E-state index in [1.165, 1.54) is 12.5 Å². The fourth-order valence-corrected chi connectivity index (χ4v) is 2.22. The van der Waals surface area contributed by atoms with Gasteiger partial charge in [-0.05, 0) is 31.2 Å². The van der Waals surface area contributed by atoms with Crippen molar-refractivity contribution in [2.24, 2.45) is 4.99 Å². The third-order valence-electron chi connectivity index (χ3n) is 3.13. The predicted octanol–water partition coefficient (Wildman–Crippen LogP) is 4.76. The highest BCUT2D eigenvalue weighted by Gasteiger charge is 2.26. The molecule has 6 nitrogen and oxygen atoms in total. The number of rotatable bonds is 4. The van der Waals surface area contributed by atoms with Crippen LogP contribution >= 0.6 is 0 Å². The Bertz CT molecular complexity index is 849. The molecule has 0 aromatic carbocycles. The lowest BCUT2D eigenvalue weighted by Gasteiger charge is -1.99. The Morgan fingerprint density at radius 1 is 1.22 bits per heavy atom. The maximum absolute atomic E-state index is 9.56. The van der Waals surface area contributed by atoms with Crippen molar-refractivity contribution in [1.29, 1.82) is 5.26 Å². The minimum atomic E-state index is 0.163. The van der Waals surface area contributed by atoms with Gasteiger partial charge in [-0.15, -0.1) is 0 Å². The molecule has 0 unspecified atom stereocenters. The van der Waals surface area contributed by atoms with Crippen LogP contribution in [0, 0.1) is 11.3 Å². The van der Waals surface area contributed by atoms with E-state index in [0.717, 1.165) is 0 Å². The zero-order valence-electron chi connectivity index (χ0n) is 12.7. The van der Waals surface area contributed by atoms with Gasteiger partial charge >= 0.3 is 0 Å². The van der Waals surface area contributed by atoms with Crippen LogP contribution < -0.4 is 0 Å². The van der Waals surface area contributed by atoms with Crippen LogP contribution in [0.5, 0.6) is 0 Å². The number of hydrogen-bond acceptors (Lipinski definition) is 6. The Morgan fingerprint density at radius 3 is 2.48 bits per heavy atom. The van der Waals surface area contributed by atoms with Crippen LogP contribution in [0.15, 0.2) is 55.0 Å². The van der Waals surface area contributed by atoms with Gasteiger partial charge in [-0.25, -0.2) is 0 Å². The lowest BCUT2D eigenvalue weighted by Crippen LogP contribution is -1.97. The van der Waals surface area contributed by atoms with Crippen molar-refractivity contribution in [3.8, 4) is 28.9 Å². The SMILES string of the molecule is CCOC(C)=Nc1oc(-c2ccco2)c(-c2ccco2)c1C#N. The lowest BCUT2D eigenvalue weighted by atomic mass is 10.1. The summed E-state index contributed by atoms with van der Waals surface area (Å²) in [6.45, 7) is 4.04. The Hall–Kier alpha value is -3.20. The standard InChI is InChI=1S/C17H14N2O4/c1-3-20-11(2)19-17-12(10-18)15(13-6-4-8-21-13)16(23-17)14-7-5-9-22-14/h4-9H,3H2,1-2H3. The Morgan fingerprint density at radius 2 is 1.91 bits per heavy atom. The van der Waals surface area contributed by atoms with Crippen molar-refractivity contribution in [2.75, 3.05) is 6.61 Å². The smallest absolute Gasteiger partial charge is 0.241 e. The van der Waals surface area contributed by atoms with Crippen molar-refractivity contribution < 1.29 is 18.0 Å². The van der Waals surface area contributed by atoms with E-state index in [-0.39, 0.29) is 11.4 Å². The van der Waals surface area contributed by atoms with Crippen molar-refractivity contribution in [1.82, 2.24) is 0 Å². The molecule has 3 aromatic heterocycles. The average Bonchev–Trinajstić information content (AvgIpc) is 3.27. The quantitative estimate of drug-likeness (QED) is 0.512. The number of nitriles is 1. The highest BCUT2D eigenvalue weighted by Crippen LogP contribution is 2.42. The first kappa shape index (κ1) is 14.7. The number of aliphatic imine (C=N–C) groups is 1. The van der Waals surface area contributed by atoms with E-state index in [4.69, 9.17) is 18.0 Å². The molecule has 0 aliphatic carbocycles. The summed E-state index contributed by atoms with van der Waals surface area (Å²) in [7, 11) is 0. The lowest BCUT2D eigenvalue weighted by molar-refractivity contribution is 0.324. The number of hydrogen-bond donors (Lipinski definition) is 0. The van der Waals surface area contributed by atoms with Gasteiger partial charge in [0.15, 0.2) is 17.4 Å². The Kier molecular flexibility index (Phi) is 4.02. The Balaban J connectivity index is 2.22. The van der Waals surface area contributed by atoms with E-state index in [1.54, 1.807) is 31.2 Å². The van der Waals surface area contributed by atoms with Gasteiger partial charge in [-0.3, -0.25) is 0 Å². The van der Waals surface area contributed by atoms with Crippen molar-refractivity contribution in [3.05, 3.63) is 42.4 Å². The van der Waals surface area contributed by atoms with Crippen LogP contribution in [0.1, 0.15) is 19.4 Å². The van der Waals surface area contributed by atoms with E-state index in [9.17, 15) is 5.26 Å². The van der Waals surface area contributed by atoms with Gasteiger partial charge < -0.3 is 18.0 Å². The van der Waals surface area contributed by atoms with E-state index in [0.29, 0.717) is 35.3 Å². The maximum Gasteiger partial charge on any atom is 0.241 e. The molecular formula is C17H14N2O4. The number of nitrogens with zero attached hydrogens (tertiary/aromatic N) is 2. The number of furan rings is 3. The normalized spacial score (nSPS) is 11.4. The second-order valence-electron chi connectivity index (χ2n) is 4.62. The van der Waals surface area contributed by atoms with Crippen LogP contribution in [0.25, 0.3) is 22.8 Å². The molecule has 0 fully saturated rings. The van der Waals surface area contributed by atoms with Gasteiger partial charge in [0.05, 0.1) is 24.7 Å². The van der Waals surface area contributed by atoms with Gasteiger partial charge in [0.1, 0.15) is 17.4 Å². The molecule has 23 heavy (non-hydrogen) atoms. The third-order valence-corrected chi connectivity index (χ3v) is 3.13. The van der Waals surface area contributed by atoms with Gasteiger partial charge in [0.2, 0.25) is 5.88 Å². The first-order chi connectivity index (χ1) is 11.2. The van der Waals surface area contributed by atoms with Crippen molar-refractivity contribution in [2.45, 2.75) is 13.8 Å². The molecule has 0 saturated heterocycles. The molecule has 0 amide bonds. The largest absolute Gasteiger partial charge is 0.481 e. The zero-order valence-corrected chi connectivity index (χ0v) is 12.7. The molecule has 0 aliphatic heterocycles. The monoisotopic (exact) mass is 310 g/mol. The Labute approximate surface area is 132 Å². The van der Waals surface area contributed by atoms with Gasteiger partial charge in [-0.1, -0.05) is 0 Å². The molecule has 0 bridgehead atoms. The molecule has 3 rings (SSSR count). The summed E-state index contributed by atoms with van der Waals surface area (Å²) in [6.07, 6.45) is 3.06. The minimum Gasteiger partial charge on any atom is -0.481 e. The van der Waals surface area contributed by atoms with Gasteiger partial charge in [0.25, 0.3) is 0 Å². The molecule has 6 heteroatoms. The fraction of sp³-hybridized carbons (Fsp3) is 0.176. The molecule has 0 aliphatic rings. The summed E-state index contributed by atoms with van der Waals surface area (Å²) in [5.74, 6) is 1.96. The highest BCUT2D eigenvalue weighted by molar-refractivity contribution is 5.86. The summed E-state index contributed by atoms with van der Waals surface area (Å²) in [5, 5.41) is 9.56. The molecule has 3 heterocycles. The summed E-state index contributed by atoms with van der Waals surface area (Å²) < 4.78 is 21.9. The summed E-state index contributed by atoms with van der Waals surface area (Å²) in [6, 6.07) is 9.10. The van der Waals surface area contributed by atoms with E-state index < -0.39 is 0 Å². The zero-order chi connectivity index (χ0) is 16.2. The number of ether oxygens (including phenoxy) is 1. The van der Waals surface area contributed by atoms with E-state index >= 15 is 0 Å². The second-order valence-corrected chi connectivity index (χ2v) is 4.62. The third kappa shape index (κ3) is 2.77. The summed E-state index contributed by atoms with van der Waals surface area (Å²) >= 11 is 0. The second kappa shape index (κ2) is 6.28. The minimum absolute atomic E-state index is 0.163. The highest BCUT2D eigenvalue weighted by atomic mass is 16.5. The first-order valence-corrected chi connectivity index (χ1v) is 7.07. The van der Waals surface area contributed by atoms with Crippen LogP contribution in [0.3, 0.4) is 0 Å². The molecule has 0 spiro atoms. The van der Waals surface area contributed by atoms with Crippen LogP contribution in [-0.4, -0.2) is 12.5 Å². The van der Waals surface area contributed by atoms with E-state index in [1.807, 2.05) is 6.92 Å². The molecule has 0 atom stereocenters. The molecule has 116 valence electrons. The van der Waals surface area contributed by atoms with Crippen molar-refractivity contribution >= 4 is 11.8 Å². The molecule has 0 N–H and O–H groups in total. The first-order valence-electron chi connectivity index (χ1n) is 7.07. The van der Waals surface area contributed by atoms with Crippen LogP contribution in [0.4, 0.5) is 5.88 Å². The van der Waals surface area contributed by atoms with Crippen LogP contribution in [0.2, 0.25) is 0 Å². The summed E-state index contributed by atoms with van der Waals surface area (Å²) in [5.41, 5.74) is 0.779. The molecule has 0 radical (unpaired) electrons. The maximum atomic E-state index is 9.56. The molecular weight excluding hydrogens is 296 g/mol. The predicted molar refractivity (Wildman–Crippen MR) is 83.2 cm³/mol. The fourth-order valence-electron chi connectivity index (χ4n) is 2.22. The van der Waals surface area contributed by atoms with Gasteiger partial charge in [-0.2, -0.15) is 10.3 Å². The van der Waals surface area contributed by atoms with E-state index in [2.05, 4.69) is 11.1 Å².